The number of thioether (sulfide) groups is 1. The van der Waals surface area contributed by atoms with E-state index in [0.29, 0.717) is 0 Å². The molecule has 0 aliphatic heterocycles. The summed E-state index contributed by atoms with van der Waals surface area (Å²) in [5.41, 5.74) is 2.73. The van der Waals surface area contributed by atoms with E-state index in [1.807, 2.05) is 31.2 Å². The SMILES string of the molecule is Cc1cc(NC(=O)CSc2nc3ccccc3s2)c([N+](=O)[O-])cc1C. The van der Waals surface area contributed by atoms with E-state index in [0.717, 1.165) is 25.7 Å². The molecule has 0 atom stereocenters. The molecule has 1 N–H and O–H groups in total. The minimum absolute atomic E-state index is 0.0959. The second kappa shape index (κ2) is 7.20. The van der Waals surface area contributed by atoms with Crippen LogP contribution in [0.25, 0.3) is 10.2 Å². The molecule has 0 aliphatic rings. The summed E-state index contributed by atoms with van der Waals surface area (Å²) in [6.07, 6.45) is 0. The molecule has 6 nitrogen and oxygen atoms in total. The lowest BCUT2D eigenvalue weighted by Crippen LogP contribution is -2.15. The fraction of sp³-hybridized carbons (Fsp3) is 0.176. The van der Waals surface area contributed by atoms with Gasteiger partial charge in [-0.25, -0.2) is 4.98 Å². The fourth-order valence-corrected chi connectivity index (χ4v) is 4.15. The van der Waals surface area contributed by atoms with Crippen molar-refractivity contribution in [2.45, 2.75) is 18.2 Å². The molecule has 128 valence electrons. The number of amides is 1. The van der Waals surface area contributed by atoms with Gasteiger partial charge >= 0.3 is 0 Å². The van der Waals surface area contributed by atoms with Gasteiger partial charge in [-0.05, 0) is 43.2 Å². The average Bonchev–Trinajstić information content (AvgIpc) is 2.99. The maximum Gasteiger partial charge on any atom is 0.293 e. The van der Waals surface area contributed by atoms with Crippen LogP contribution in [0.5, 0.6) is 0 Å². The van der Waals surface area contributed by atoms with Crippen LogP contribution in [0.15, 0.2) is 40.7 Å². The maximum absolute atomic E-state index is 12.2. The van der Waals surface area contributed by atoms with Crippen LogP contribution in [0.3, 0.4) is 0 Å². The smallest absolute Gasteiger partial charge is 0.293 e. The number of thiazole rings is 1. The monoisotopic (exact) mass is 373 g/mol. The van der Waals surface area contributed by atoms with Crippen molar-refractivity contribution in [1.29, 1.82) is 0 Å². The average molecular weight is 373 g/mol. The zero-order valence-corrected chi connectivity index (χ0v) is 15.2. The summed E-state index contributed by atoms with van der Waals surface area (Å²) in [6.45, 7) is 3.65. The van der Waals surface area contributed by atoms with Crippen LogP contribution in [-0.2, 0) is 4.79 Å². The predicted octanol–water partition coefficient (Wildman–Crippen LogP) is 4.55. The van der Waals surface area contributed by atoms with Gasteiger partial charge in [0.05, 0.1) is 20.9 Å². The highest BCUT2D eigenvalue weighted by atomic mass is 32.2. The Morgan fingerprint density at radius 3 is 2.72 bits per heavy atom. The normalized spacial score (nSPS) is 10.8. The first-order valence-corrected chi connectivity index (χ1v) is 9.28. The first-order valence-electron chi connectivity index (χ1n) is 7.48. The van der Waals surface area contributed by atoms with Crippen molar-refractivity contribution in [3.63, 3.8) is 0 Å². The third-order valence-corrected chi connectivity index (χ3v) is 5.86. The zero-order chi connectivity index (χ0) is 18.0. The van der Waals surface area contributed by atoms with E-state index in [9.17, 15) is 14.9 Å². The van der Waals surface area contributed by atoms with Gasteiger partial charge in [0, 0.05) is 6.07 Å². The number of nitro benzene ring substituents is 1. The van der Waals surface area contributed by atoms with Crippen molar-refractivity contribution < 1.29 is 9.72 Å². The lowest BCUT2D eigenvalue weighted by Gasteiger charge is -2.08. The number of para-hydroxylation sites is 1. The Morgan fingerprint density at radius 2 is 2.00 bits per heavy atom. The number of anilines is 1. The summed E-state index contributed by atoms with van der Waals surface area (Å²) in [4.78, 5) is 27.4. The molecule has 0 bridgehead atoms. The lowest BCUT2D eigenvalue weighted by molar-refractivity contribution is -0.384. The summed E-state index contributed by atoms with van der Waals surface area (Å²) in [6, 6.07) is 10.9. The Balaban J connectivity index is 1.70. The van der Waals surface area contributed by atoms with Crippen LogP contribution in [0, 0.1) is 24.0 Å². The van der Waals surface area contributed by atoms with Crippen LogP contribution in [0.4, 0.5) is 11.4 Å². The van der Waals surface area contributed by atoms with Crippen LogP contribution < -0.4 is 5.32 Å². The van der Waals surface area contributed by atoms with Crippen LogP contribution in [0.1, 0.15) is 11.1 Å². The Kier molecular flexibility index (Phi) is 5.00. The molecule has 0 radical (unpaired) electrons. The van der Waals surface area contributed by atoms with E-state index in [4.69, 9.17) is 0 Å². The molecule has 8 heteroatoms. The molecule has 0 spiro atoms. The van der Waals surface area contributed by atoms with Crippen molar-refractivity contribution in [2.24, 2.45) is 0 Å². The van der Waals surface area contributed by atoms with E-state index in [-0.39, 0.29) is 23.0 Å². The Bertz CT molecular complexity index is 936. The molecule has 2 aromatic carbocycles. The topological polar surface area (TPSA) is 85.1 Å². The minimum Gasteiger partial charge on any atom is -0.320 e. The number of aromatic nitrogens is 1. The molecule has 0 aliphatic carbocycles. The van der Waals surface area contributed by atoms with Gasteiger partial charge in [-0.15, -0.1) is 11.3 Å². The number of hydrogen-bond acceptors (Lipinski definition) is 6. The summed E-state index contributed by atoms with van der Waals surface area (Å²) in [7, 11) is 0. The van der Waals surface area contributed by atoms with Gasteiger partial charge < -0.3 is 5.32 Å². The minimum atomic E-state index is -0.483. The Hall–Kier alpha value is -2.45. The van der Waals surface area contributed by atoms with Crippen LogP contribution in [-0.4, -0.2) is 21.6 Å². The zero-order valence-electron chi connectivity index (χ0n) is 13.6. The number of hydrogen-bond donors (Lipinski definition) is 1. The largest absolute Gasteiger partial charge is 0.320 e. The van der Waals surface area contributed by atoms with Gasteiger partial charge in [0.25, 0.3) is 5.69 Å². The van der Waals surface area contributed by atoms with Gasteiger partial charge in [0.1, 0.15) is 5.69 Å². The number of rotatable bonds is 5. The summed E-state index contributed by atoms with van der Waals surface area (Å²) in [5.74, 6) is -0.153. The fourth-order valence-electron chi connectivity index (χ4n) is 2.28. The predicted molar refractivity (Wildman–Crippen MR) is 102 cm³/mol. The number of nitrogens with zero attached hydrogens (tertiary/aromatic N) is 2. The molecule has 0 unspecified atom stereocenters. The summed E-state index contributed by atoms with van der Waals surface area (Å²) < 4.78 is 1.86. The Labute approximate surface area is 152 Å². The first-order chi connectivity index (χ1) is 11.9. The van der Waals surface area contributed by atoms with Crippen LogP contribution >= 0.6 is 23.1 Å². The molecule has 0 fully saturated rings. The summed E-state index contributed by atoms with van der Waals surface area (Å²) in [5, 5.41) is 13.8. The van der Waals surface area contributed by atoms with Gasteiger partial charge in [-0.3, -0.25) is 14.9 Å². The second-order valence-corrected chi connectivity index (χ2v) is 7.75. The highest BCUT2D eigenvalue weighted by Gasteiger charge is 2.18. The lowest BCUT2D eigenvalue weighted by atomic mass is 10.1. The third kappa shape index (κ3) is 3.97. The first kappa shape index (κ1) is 17.4. The van der Waals surface area contributed by atoms with E-state index < -0.39 is 4.92 Å². The van der Waals surface area contributed by atoms with Crippen molar-refractivity contribution in [1.82, 2.24) is 4.98 Å². The highest BCUT2D eigenvalue weighted by Crippen LogP contribution is 2.31. The van der Waals surface area contributed by atoms with Gasteiger partial charge in [-0.2, -0.15) is 0 Å². The number of nitrogens with one attached hydrogen (secondary N) is 1. The second-order valence-electron chi connectivity index (χ2n) is 5.50. The molecule has 3 aromatic rings. The number of nitro groups is 1. The molecule has 1 aromatic heterocycles. The molecular weight excluding hydrogens is 358 g/mol. The van der Waals surface area contributed by atoms with E-state index in [1.54, 1.807) is 13.0 Å². The van der Waals surface area contributed by atoms with Crippen molar-refractivity contribution in [2.75, 3.05) is 11.1 Å². The van der Waals surface area contributed by atoms with E-state index in [2.05, 4.69) is 10.3 Å². The van der Waals surface area contributed by atoms with Crippen molar-refractivity contribution in [3.05, 3.63) is 57.6 Å². The Morgan fingerprint density at radius 1 is 1.28 bits per heavy atom. The summed E-state index contributed by atoms with van der Waals surface area (Å²) >= 11 is 2.84. The number of carbonyl (C=O) groups excluding carboxylic acids is 1. The number of carbonyl (C=O) groups is 1. The maximum atomic E-state index is 12.2. The molecule has 0 saturated heterocycles. The standard InChI is InChI=1S/C17H15N3O3S2/c1-10-7-13(14(20(22)23)8-11(10)2)18-16(21)9-24-17-19-12-5-3-4-6-15(12)25-17/h3-8H,9H2,1-2H3,(H,18,21). The molecular formula is C17H15N3O3S2. The van der Waals surface area contributed by atoms with Gasteiger partial charge in [0.15, 0.2) is 4.34 Å². The van der Waals surface area contributed by atoms with E-state index in [1.165, 1.54) is 29.2 Å². The van der Waals surface area contributed by atoms with Crippen molar-refractivity contribution >= 4 is 50.6 Å². The van der Waals surface area contributed by atoms with Gasteiger partial charge in [0.2, 0.25) is 5.91 Å². The number of fused-ring (bicyclic) bond motifs is 1. The quantitative estimate of drug-likeness (QED) is 0.403. The molecule has 0 saturated carbocycles. The third-order valence-electron chi connectivity index (χ3n) is 3.68. The van der Waals surface area contributed by atoms with Gasteiger partial charge in [-0.1, -0.05) is 23.9 Å². The highest BCUT2D eigenvalue weighted by molar-refractivity contribution is 8.01. The van der Waals surface area contributed by atoms with Crippen LogP contribution in [0.2, 0.25) is 0 Å². The van der Waals surface area contributed by atoms with E-state index >= 15 is 0 Å². The molecule has 1 amide bonds. The molecule has 25 heavy (non-hydrogen) atoms. The van der Waals surface area contributed by atoms with Crippen molar-refractivity contribution in [3.8, 4) is 0 Å². The number of benzene rings is 2. The molecule has 1 heterocycles. The number of aryl methyl sites for hydroxylation is 2. The molecule has 3 rings (SSSR count).